The smallest absolute Gasteiger partial charge is 0.258 e. The van der Waals surface area contributed by atoms with E-state index < -0.39 is 0 Å². The van der Waals surface area contributed by atoms with Gasteiger partial charge in [0.1, 0.15) is 0 Å². The van der Waals surface area contributed by atoms with Crippen LogP contribution in [-0.2, 0) is 4.79 Å². The van der Waals surface area contributed by atoms with Gasteiger partial charge in [0, 0.05) is 33.3 Å². The first kappa shape index (κ1) is 15.1. The highest BCUT2D eigenvalue weighted by molar-refractivity contribution is 7.80. The van der Waals surface area contributed by atoms with Gasteiger partial charge in [0.15, 0.2) is 5.11 Å². The van der Waals surface area contributed by atoms with Crippen molar-refractivity contribution in [2.45, 2.75) is 0 Å². The predicted molar refractivity (Wildman–Crippen MR) is 98.1 cm³/mol. The maximum Gasteiger partial charge on any atom is 0.258 e. The van der Waals surface area contributed by atoms with E-state index in [0.29, 0.717) is 18.2 Å². The molecule has 6 heteroatoms. The van der Waals surface area contributed by atoms with E-state index in [1.54, 1.807) is 28.7 Å². The molecule has 1 aliphatic rings. The normalized spacial score (nSPS) is 16.9. The Morgan fingerprint density at radius 2 is 2.23 bits per heavy atom. The van der Waals surface area contributed by atoms with Crippen molar-refractivity contribution in [3.63, 3.8) is 0 Å². The second-order valence-electron chi connectivity index (χ2n) is 4.71. The van der Waals surface area contributed by atoms with Gasteiger partial charge in [-0.2, -0.15) is 0 Å². The fourth-order valence-electron chi connectivity index (χ4n) is 2.17. The fraction of sp³-hybridized carbons (Fsp3) is 0.125. The van der Waals surface area contributed by atoms with Crippen LogP contribution in [0.4, 0.5) is 0 Å². The van der Waals surface area contributed by atoms with Gasteiger partial charge in [0.2, 0.25) is 0 Å². The zero-order valence-corrected chi connectivity index (χ0v) is 14.2. The van der Waals surface area contributed by atoms with Crippen LogP contribution >= 0.6 is 34.9 Å². The van der Waals surface area contributed by atoms with Crippen LogP contribution in [0.25, 0.3) is 15.8 Å². The molecule has 1 N–H and O–H groups in total. The van der Waals surface area contributed by atoms with Crippen LogP contribution in [0.2, 0.25) is 0 Å². The molecule has 0 aliphatic carbocycles. The van der Waals surface area contributed by atoms with Gasteiger partial charge >= 0.3 is 0 Å². The summed E-state index contributed by atoms with van der Waals surface area (Å²) in [7, 11) is 0. The highest BCUT2D eigenvalue weighted by Crippen LogP contribution is 2.32. The number of rotatable bonds is 4. The number of carbonyl (C=O) groups is 1. The number of hydrogen-bond donors (Lipinski definition) is 1. The van der Waals surface area contributed by atoms with Crippen LogP contribution in [0.15, 0.2) is 47.9 Å². The van der Waals surface area contributed by atoms with E-state index in [2.05, 4.69) is 29.4 Å². The van der Waals surface area contributed by atoms with E-state index >= 15 is 0 Å². The van der Waals surface area contributed by atoms with E-state index in [9.17, 15) is 4.79 Å². The molecular weight excluding hydrogens is 332 g/mol. The molecule has 0 spiro atoms. The summed E-state index contributed by atoms with van der Waals surface area (Å²) in [6, 6.07) is 8.28. The molecule has 2 aromatic rings. The standard InChI is InChI=1S/C16H14N2OS3/c1-2-7-18-15(19)11(10-17-16(18)20)9-12-5-6-14(22-12)13-4-3-8-21-13/h2-6,8-9H,1,7,10H2,(H,17,20)/b11-9+. The van der Waals surface area contributed by atoms with Crippen LogP contribution in [0.3, 0.4) is 0 Å². The summed E-state index contributed by atoms with van der Waals surface area (Å²) in [6.07, 6.45) is 3.61. The second kappa shape index (κ2) is 6.56. The molecule has 2 aromatic heterocycles. The van der Waals surface area contributed by atoms with Crippen molar-refractivity contribution in [2.24, 2.45) is 0 Å². The average molecular weight is 347 g/mol. The van der Waals surface area contributed by atoms with Gasteiger partial charge in [0.25, 0.3) is 5.91 Å². The minimum Gasteiger partial charge on any atom is -0.358 e. The summed E-state index contributed by atoms with van der Waals surface area (Å²) >= 11 is 8.57. The minimum absolute atomic E-state index is 0.0466. The lowest BCUT2D eigenvalue weighted by Gasteiger charge is -2.29. The number of carbonyl (C=O) groups excluding carboxylic acids is 1. The molecule has 3 rings (SSSR count). The molecule has 112 valence electrons. The zero-order chi connectivity index (χ0) is 15.5. The quantitative estimate of drug-likeness (QED) is 0.520. The van der Waals surface area contributed by atoms with E-state index in [1.165, 1.54) is 14.7 Å². The molecular formula is C16H14N2OS3. The number of thiophene rings is 2. The topological polar surface area (TPSA) is 32.3 Å². The van der Waals surface area contributed by atoms with Crippen LogP contribution in [-0.4, -0.2) is 29.0 Å². The summed E-state index contributed by atoms with van der Waals surface area (Å²) < 4.78 is 0. The van der Waals surface area contributed by atoms with E-state index in [-0.39, 0.29) is 5.91 Å². The van der Waals surface area contributed by atoms with Crippen LogP contribution in [0.5, 0.6) is 0 Å². The summed E-state index contributed by atoms with van der Waals surface area (Å²) in [5.41, 5.74) is 0.718. The van der Waals surface area contributed by atoms with Crippen molar-refractivity contribution in [1.29, 1.82) is 0 Å². The fourth-order valence-corrected chi connectivity index (χ4v) is 4.21. The zero-order valence-electron chi connectivity index (χ0n) is 11.7. The lowest BCUT2D eigenvalue weighted by atomic mass is 10.1. The van der Waals surface area contributed by atoms with E-state index in [0.717, 1.165) is 10.5 Å². The monoisotopic (exact) mass is 346 g/mol. The molecule has 0 radical (unpaired) electrons. The molecule has 0 saturated carbocycles. The molecule has 22 heavy (non-hydrogen) atoms. The van der Waals surface area contributed by atoms with Crippen molar-refractivity contribution < 1.29 is 4.79 Å². The molecule has 3 heterocycles. The van der Waals surface area contributed by atoms with Crippen LogP contribution < -0.4 is 5.32 Å². The van der Waals surface area contributed by atoms with Gasteiger partial charge < -0.3 is 5.32 Å². The lowest BCUT2D eigenvalue weighted by molar-refractivity contribution is -0.123. The summed E-state index contributed by atoms with van der Waals surface area (Å²) in [4.78, 5) is 17.5. The van der Waals surface area contributed by atoms with Gasteiger partial charge in [-0.05, 0) is 41.9 Å². The Labute approximate surface area is 142 Å². The molecule has 0 atom stereocenters. The Bertz CT molecular complexity index is 743. The Balaban J connectivity index is 1.84. The van der Waals surface area contributed by atoms with Gasteiger partial charge in [-0.25, -0.2) is 0 Å². The molecule has 0 aromatic carbocycles. The number of hydrogen-bond acceptors (Lipinski definition) is 4. The third kappa shape index (κ3) is 3.04. The van der Waals surface area contributed by atoms with Crippen molar-refractivity contribution in [2.75, 3.05) is 13.1 Å². The highest BCUT2D eigenvalue weighted by Gasteiger charge is 2.26. The molecule has 0 unspecified atom stereocenters. The molecule has 1 aliphatic heterocycles. The van der Waals surface area contributed by atoms with Crippen LogP contribution in [0, 0.1) is 0 Å². The van der Waals surface area contributed by atoms with Crippen molar-refractivity contribution in [3.8, 4) is 9.75 Å². The largest absolute Gasteiger partial charge is 0.358 e. The Kier molecular flexibility index (Phi) is 4.52. The van der Waals surface area contributed by atoms with E-state index in [1.807, 2.05) is 18.2 Å². The van der Waals surface area contributed by atoms with E-state index in [4.69, 9.17) is 12.2 Å². The first-order valence-electron chi connectivity index (χ1n) is 6.74. The number of thiocarbonyl (C=S) groups is 1. The summed E-state index contributed by atoms with van der Waals surface area (Å²) in [5, 5.41) is 5.61. The van der Waals surface area contributed by atoms with Crippen molar-refractivity contribution in [1.82, 2.24) is 10.2 Å². The maximum absolute atomic E-state index is 12.5. The SMILES string of the molecule is C=CCN1C(=O)/C(=C/c2ccc(-c3cccs3)s2)CNC1=S. The molecule has 1 saturated heterocycles. The highest BCUT2D eigenvalue weighted by atomic mass is 32.1. The van der Waals surface area contributed by atoms with Gasteiger partial charge in [-0.3, -0.25) is 9.69 Å². The van der Waals surface area contributed by atoms with Gasteiger partial charge in [-0.15, -0.1) is 29.3 Å². The first-order chi connectivity index (χ1) is 10.7. The van der Waals surface area contributed by atoms with Gasteiger partial charge in [0.05, 0.1) is 0 Å². The summed E-state index contributed by atoms with van der Waals surface area (Å²) in [5.74, 6) is -0.0466. The maximum atomic E-state index is 12.5. The molecule has 0 bridgehead atoms. The second-order valence-corrected chi connectivity index (χ2v) is 7.16. The third-order valence-corrected chi connectivity index (χ3v) is 5.68. The summed E-state index contributed by atoms with van der Waals surface area (Å²) in [6.45, 7) is 4.56. The average Bonchev–Trinajstić information content (AvgIpc) is 3.17. The number of nitrogens with zero attached hydrogens (tertiary/aromatic N) is 1. The third-order valence-electron chi connectivity index (χ3n) is 3.21. The minimum atomic E-state index is -0.0466. The van der Waals surface area contributed by atoms with Gasteiger partial charge in [-0.1, -0.05) is 12.1 Å². The Hall–Kier alpha value is -1.76. The first-order valence-corrected chi connectivity index (χ1v) is 8.84. The molecule has 1 fully saturated rings. The predicted octanol–water partition coefficient (Wildman–Crippen LogP) is 3.76. The van der Waals surface area contributed by atoms with Crippen molar-refractivity contribution in [3.05, 3.63) is 52.8 Å². The molecule has 3 nitrogen and oxygen atoms in total. The Morgan fingerprint density at radius 3 is 2.95 bits per heavy atom. The molecule has 1 amide bonds. The number of amides is 1. The number of nitrogens with one attached hydrogen (secondary N) is 1. The Morgan fingerprint density at radius 1 is 1.36 bits per heavy atom. The van der Waals surface area contributed by atoms with Crippen molar-refractivity contribution >= 4 is 52.0 Å². The van der Waals surface area contributed by atoms with Crippen LogP contribution in [0.1, 0.15) is 4.88 Å². The lowest BCUT2D eigenvalue weighted by Crippen LogP contribution is -2.50.